The number of benzene rings is 1. The number of nitrogens with two attached hydrogens (primary N) is 1. The van der Waals surface area contributed by atoms with Gasteiger partial charge in [-0.1, -0.05) is 0 Å². The van der Waals surface area contributed by atoms with Crippen LogP contribution in [0.4, 0.5) is 5.69 Å². The summed E-state index contributed by atoms with van der Waals surface area (Å²) in [6.07, 6.45) is 0. The minimum atomic E-state index is 0.780. The molecule has 0 unspecified atom stereocenters. The summed E-state index contributed by atoms with van der Waals surface area (Å²) in [5.74, 6) is 0. The van der Waals surface area contributed by atoms with E-state index in [0.29, 0.717) is 0 Å². The van der Waals surface area contributed by atoms with E-state index in [1.165, 1.54) is 10.8 Å². The predicted molar refractivity (Wildman–Crippen MR) is 44.1 cm³/mol. The van der Waals surface area contributed by atoms with Crippen molar-refractivity contribution in [2.75, 3.05) is 5.73 Å². The Kier molecular flexibility index (Phi) is 2.30. The molecular formula is C6H6NS2-. The maximum atomic E-state index is 5.44. The lowest BCUT2D eigenvalue weighted by molar-refractivity contribution is 1.48. The molecule has 0 amide bonds. The molecule has 0 aliphatic carbocycles. The molecule has 1 aromatic carbocycles. The Morgan fingerprint density at radius 1 is 1.22 bits per heavy atom. The second-order valence-electron chi connectivity index (χ2n) is 1.65. The molecule has 0 bridgehead atoms. The van der Waals surface area contributed by atoms with Crippen LogP contribution in [0, 0.1) is 0 Å². The van der Waals surface area contributed by atoms with Crippen molar-refractivity contribution in [2.45, 2.75) is 4.90 Å². The molecule has 0 saturated heterocycles. The Morgan fingerprint density at radius 3 is 2.22 bits per heavy atom. The Morgan fingerprint density at radius 2 is 1.78 bits per heavy atom. The minimum absolute atomic E-state index is 0.780. The fourth-order valence-corrected chi connectivity index (χ4v) is 1.10. The van der Waals surface area contributed by atoms with Crippen molar-refractivity contribution in [3.05, 3.63) is 24.3 Å². The SMILES string of the molecule is Nc1ccc(S[S-])cc1. The Labute approximate surface area is 63.4 Å². The second kappa shape index (κ2) is 3.03. The van der Waals surface area contributed by atoms with Crippen LogP contribution >= 0.6 is 10.8 Å². The lowest BCUT2D eigenvalue weighted by Gasteiger charge is -2.03. The lowest BCUT2D eigenvalue weighted by Crippen LogP contribution is -1.81. The molecule has 0 spiro atoms. The average molecular weight is 156 g/mol. The Hall–Kier alpha value is -0.280. The highest BCUT2D eigenvalue weighted by Gasteiger charge is 1.82. The van der Waals surface area contributed by atoms with Gasteiger partial charge in [-0.3, -0.25) is 10.8 Å². The van der Waals surface area contributed by atoms with Crippen molar-refractivity contribution >= 4 is 28.1 Å². The van der Waals surface area contributed by atoms with Gasteiger partial charge in [0.2, 0.25) is 0 Å². The highest BCUT2D eigenvalue weighted by Crippen LogP contribution is 2.15. The summed E-state index contributed by atoms with van der Waals surface area (Å²) in [6, 6.07) is 7.50. The van der Waals surface area contributed by atoms with E-state index in [-0.39, 0.29) is 0 Å². The van der Waals surface area contributed by atoms with Gasteiger partial charge in [-0.2, -0.15) is 0 Å². The first-order valence-corrected chi connectivity index (χ1v) is 4.22. The van der Waals surface area contributed by atoms with Gasteiger partial charge in [-0.25, -0.2) is 0 Å². The quantitative estimate of drug-likeness (QED) is 0.381. The van der Waals surface area contributed by atoms with Gasteiger partial charge in [0.1, 0.15) is 0 Å². The zero-order valence-corrected chi connectivity index (χ0v) is 6.34. The topological polar surface area (TPSA) is 26.0 Å². The average Bonchev–Trinajstić information content (AvgIpc) is 1.90. The van der Waals surface area contributed by atoms with Gasteiger partial charge in [-0.15, -0.1) is 0 Å². The predicted octanol–water partition coefficient (Wildman–Crippen LogP) is 1.82. The van der Waals surface area contributed by atoms with Gasteiger partial charge in [-0.05, 0) is 29.2 Å². The first kappa shape index (κ1) is 6.83. The van der Waals surface area contributed by atoms with Gasteiger partial charge >= 0.3 is 0 Å². The molecule has 3 heteroatoms. The standard InChI is InChI=1S/C6H7NS2/c7-5-1-3-6(9-8)4-2-5/h1-4,8H,7H2/p-1. The number of rotatable bonds is 1. The van der Waals surface area contributed by atoms with Crippen molar-refractivity contribution in [1.82, 2.24) is 0 Å². The van der Waals surface area contributed by atoms with Crippen molar-refractivity contribution in [3.8, 4) is 0 Å². The summed E-state index contributed by atoms with van der Waals surface area (Å²) in [6.45, 7) is 0. The van der Waals surface area contributed by atoms with Crippen LogP contribution in [0.1, 0.15) is 0 Å². The summed E-state index contributed by atoms with van der Waals surface area (Å²) in [7, 11) is 1.31. The summed E-state index contributed by atoms with van der Waals surface area (Å²) in [4.78, 5) is 1.07. The van der Waals surface area contributed by atoms with E-state index in [4.69, 9.17) is 17.4 Å². The molecule has 2 N–H and O–H groups in total. The van der Waals surface area contributed by atoms with E-state index in [1.807, 2.05) is 24.3 Å². The van der Waals surface area contributed by atoms with E-state index < -0.39 is 0 Å². The molecule has 1 aromatic rings. The van der Waals surface area contributed by atoms with Crippen LogP contribution < -0.4 is 5.73 Å². The van der Waals surface area contributed by atoms with Gasteiger partial charge < -0.3 is 17.4 Å². The lowest BCUT2D eigenvalue weighted by atomic mass is 10.3. The van der Waals surface area contributed by atoms with E-state index >= 15 is 0 Å². The fourth-order valence-electron chi connectivity index (χ4n) is 0.523. The first-order valence-electron chi connectivity index (χ1n) is 2.48. The van der Waals surface area contributed by atoms with Crippen LogP contribution in [-0.4, -0.2) is 0 Å². The summed E-state index contributed by atoms with van der Waals surface area (Å²) >= 11 is 4.74. The normalized spacial score (nSPS) is 9.44. The molecular weight excluding hydrogens is 150 g/mol. The molecule has 0 aliphatic heterocycles. The first-order chi connectivity index (χ1) is 4.33. The molecule has 0 fully saturated rings. The molecule has 0 heterocycles. The zero-order chi connectivity index (χ0) is 6.69. The second-order valence-corrected chi connectivity index (χ2v) is 2.79. The third kappa shape index (κ3) is 1.84. The van der Waals surface area contributed by atoms with Gasteiger partial charge in [0.15, 0.2) is 0 Å². The molecule has 0 saturated carbocycles. The van der Waals surface area contributed by atoms with E-state index in [2.05, 4.69) is 0 Å². The monoisotopic (exact) mass is 156 g/mol. The van der Waals surface area contributed by atoms with Gasteiger partial charge in [0, 0.05) is 5.69 Å². The third-order valence-corrected chi connectivity index (χ3v) is 2.02. The minimum Gasteiger partial charge on any atom is -0.714 e. The van der Waals surface area contributed by atoms with Crippen molar-refractivity contribution in [2.24, 2.45) is 0 Å². The largest absolute Gasteiger partial charge is 0.714 e. The third-order valence-electron chi connectivity index (χ3n) is 0.976. The van der Waals surface area contributed by atoms with Crippen LogP contribution in [0.2, 0.25) is 0 Å². The Bertz CT molecular complexity index is 183. The summed E-state index contributed by atoms with van der Waals surface area (Å²) in [5, 5.41) is 0. The number of hydrogen-bond acceptors (Lipinski definition) is 3. The van der Waals surface area contributed by atoms with Crippen LogP contribution in [0.5, 0.6) is 0 Å². The van der Waals surface area contributed by atoms with Crippen LogP contribution in [0.25, 0.3) is 0 Å². The molecule has 0 aliphatic rings. The highest BCUT2D eigenvalue weighted by atomic mass is 33.1. The van der Waals surface area contributed by atoms with Gasteiger partial charge in [0.25, 0.3) is 0 Å². The van der Waals surface area contributed by atoms with Crippen LogP contribution in [-0.2, 0) is 11.7 Å². The number of anilines is 1. The molecule has 1 nitrogen and oxygen atoms in total. The fraction of sp³-hybridized carbons (Fsp3) is 0. The van der Waals surface area contributed by atoms with Crippen molar-refractivity contribution in [1.29, 1.82) is 0 Å². The molecule has 0 atom stereocenters. The van der Waals surface area contributed by atoms with Crippen LogP contribution in [0.3, 0.4) is 0 Å². The van der Waals surface area contributed by atoms with Gasteiger partial charge in [0.05, 0.1) is 0 Å². The van der Waals surface area contributed by atoms with Crippen molar-refractivity contribution < 1.29 is 0 Å². The maximum absolute atomic E-state index is 5.44. The van der Waals surface area contributed by atoms with E-state index in [1.54, 1.807) is 0 Å². The number of hydrogen-bond donors (Lipinski definition) is 1. The highest BCUT2D eigenvalue weighted by molar-refractivity contribution is 8.59. The zero-order valence-electron chi connectivity index (χ0n) is 4.70. The summed E-state index contributed by atoms with van der Waals surface area (Å²) < 4.78 is 0. The maximum Gasteiger partial charge on any atom is 0.0314 e. The smallest absolute Gasteiger partial charge is 0.0314 e. The number of nitrogen functional groups attached to an aromatic ring is 1. The molecule has 1 rings (SSSR count). The molecule has 9 heavy (non-hydrogen) atoms. The summed E-state index contributed by atoms with van der Waals surface area (Å²) in [5.41, 5.74) is 6.22. The molecule has 48 valence electrons. The van der Waals surface area contributed by atoms with E-state index in [9.17, 15) is 0 Å². The van der Waals surface area contributed by atoms with E-state index in [0.717, 1.165) is 10.6 Å². The van der Waals surface area contributed by atoms with Crippen LogP contribution in [0.15, 0.2) is 29.2 Å². The molecule has 0 radical (unpaired) electrons. The molecule has 0 aromatic heterocycles. The Balaban J connectivity index is 2.88. The van der Waals surface area contributed by atoms with Crippen molar-refractivity contribution in [3.63, 3.8) is 0 Å².